The zero-order valence-corrected chi connectivity index (χ0v) is 15.7. The number of nitrogens with one attached hydrogen (secondary N) is 1. The van der Waals surface area contributed by atoms with Gasteiger partial charge in [-0.2, -0.15) is 13.2 Å². The number of methoxy groups -OCH3 is 1. The summed E-state index contributed by atoms with van der Waals surface area (Å²) in [6, 6.07) is 10.2. The highest BCUT2D eigenvalue weighted by atomic mass is 19.4. The first-order valence-corrected chi connectivity index (χ1v) is 8.83. The average molecular weight is 410 g/mol. The maximum absolute atomic E-state index is 12.7. The number of ether oxygens (including phenoxy) is 1. The number of hydrogen-bond donors (Lipinski definition) is 2. The lowest BCUT2D eigenvalue weighted by molar-refractivity contribution is -0.682. The maximum atomic E-state index is 12.7. The van der Waals surface area contributed by atoms with Crippen molar-refractivity contribution in [1.29, 1.82) is 0 Å². The maximum Gasteiger partial charge on any atom is 0.416 e. The van der Waals surface area contributed by atoms with Gasteiger partial charge in [0.1, 0.15) is 11.8 Å². The highest BCUT2D eigenvalue weighted by Crippen LogP contribution is 2.30. The van der Waals surface area contributed by atoms with E-state index < -0.39 is 36.1 Å². The van der Waals surface area contributed by atoms with E-state index in [1.807, 2.05) is 12.1 Å². The van der Waals surface area contributed by atoms with Crippen molar-refractivity contribution in [3.05, 3.63) is 59.7 Å². The summed E-state index contributed by atoms with van der Waals surface area (Å²) < 4.78 is 43.3. The zero-order valence-electron chi connectivity index (χ0n) is 15.7. The van der Waals surface area contributed by atoms with Gasteiger partial charge in [0.25, 0.3) is 0 Å². The normalized spacial score (nSPS) is 12.3. The number of anilines is 1. The molecule has 9 heteroatoms. The number of alkyl halides is 3. The molecule has 0 aromatic heterocycles. The number of nitrogens with two attached hydrogens (primary N) is 1. The van der Waals surface area contributed by atoms with Crippen LogP contribution in [0.4, 0.5) is 18.9 Å². The van der Waals surface area contributed by atoms with E-state index in [1.165, 1.54) is 11.4 Å². The molecule has 3 N–H and O–H groups in total. The van der Waals surface area contributed by atoms with Crippen LogP contribution in [0.5, 0.6) is 5.75 Å². The Balaban J connectivity index is 1.89. The highest BCUT2D eigenvalue weighted by molar-refractivity contribution is 5.93. The van der Waals surface area contributed by atoms with E-state index in [0.717, 1.165) is 23.8 Å². The summed E-state index contributed by atoms with van der Waals surface area (Å²) in [5.74, 6) is -1.42. The molecule has 29 heavy (non-hydrogen) atoms. The number of benzene rings is 2. The fourth-order valence-electron chi connectivity index (χ4n) is 2.69. The number of carboxylic acids is 1. The smallest absolute Gasteiger partial charge is 0.416 e. The van der Waals surface area contributed by atoms with Crippen molar-refractivity contribution < 1.29 is 37.9 Å². The first-order chi connectivity index (χ1) is 13.7. The van der Waals surface area contributed by atoms with E-state index in [1.54, 1.807) is 19.2 Å². The SMILES string of the molecule is COc1ccc(CC[NH2+][C@@H](CC(=O)Nc2cccc(C(F)(F)F)c2)C(=O)[O-])cc1. The standard InChI is InChI=1S/C20H21F3N2O4/c1-29-16-7-5-13(6-8-16)9-10-24-17(19(27)28)12-18(26)25-15-4-2-3-14(11-15)20(21,22)23/h2-8,11,17,24H,9-10,12H2,1H3,(H,25,26)(H,27,28)/t17-/m0/s1. The molecule has 0 aliphatic rings. The first kappa shape index (κ1) is 22.2. The minimum atomic E-state index is -4.54. The Labute approximate surface area is 165 Å². The van der Waals surface area contributed by atoms with Crippen LogP contribution in [0.3, 0.4) is 0 Å². The van der Waals surface area contributed by atoms with Crippen LogP contribution in [0.1, 0.15) is 17.5 Å². The number of amides is 1. The van der Waals surface area contributed by atoms with Gasteiger partial charge in [-0.15, -0.1) is 0 Å². The third-order valence-corrected chi connectivity index (χ3v) is 4.22. The highest BCUT2D eigenvalue weighted by Gasteiger charge is 2.30. The molecular formula is C20H21F3N2O4. The van der Waals surface area contributed by atoms with Gasteiger partial charge in [0.15, 0.2) is 0 Å². The van der Waals surface area contributed by atoms with Crippen LogP contribution in [0.25, 0.3) is 0 Å². The first-order valence-electron chi connectivity index (χ1n) is 8.83. The molecule has 2 rings (SSSR count). The van der Waals surface area contributed by atoms with Crippen molar-refractivity contribution in [2.24, 2.45) is 0 Å². The molecule has 0 aliphatic heterocycles. The van der Waals surface area contributed by atoms with Gasteiger partial charge in [0.2, 0.25) is 5.91 Å². The van der Waals surface area contributed by atoms with Gasteiger partial charge in [0, 0.05) is 12.1 Å². The molecule has 0 heterocycles. The van der Waals surface area contributed by atoms with Crippen molar-refractivity contribution in [2.75, 3.05) is 19.0 Å². The van der Waals surface area contributed by atoms with Crippen LogP contribution in [0.15, 0.2) is 48.5 Å². The molecule has 0 saturated heterocycles. The summed E-state index contributed by atoms with van der Waals surface area (Å²) in [6.07, 6.45) is -4.41. The third kappa shape index (κ3) is 7.11. The van der Waals surface area contributed by atoms with E-state index in [0.29, 0.717) is 18.7 Å². The van der Waals surface area contributed by atoms with E-state index >= 15 is 0 Å². The molecular weight excluding hydrogens is 389 g/mol. The minimum Gasteiger partial charge on any atom is -0.544 e. The van der Waals surface area contributed by atoms with E-state index in [4.69, 9.17) is 4.74 Å². The van der Waals surface area contributed by atoms with Gasteiger partial charge in [-0.05, 0) is 35.9 Å². The van der Waals surface area contributed by atoms with Crippen LogP contribution >= 0.6 is 0 Å². The van der Waals surface area contributed by atoms with Crippen LogP contribution in [0, 0.1) is 0 Å². The van der Waals surface area contributed by atoms with Gasteiger partial charge in [-0.1, -0.05) is 18.2 Å². The van der Waals surface area contributed by atoms with E-state index in [2.05, 4.69) is 5.32 Å². The summed E-state index contributed by atoms with van der Waals surface area (Å²) in [6.45, 7) is 0.391. The Morgan fingerprint density at radius 1 is 1.17 bits per heavy atom. The number of quaternary nitrogens is 1. The van der Waals surface area contributed by atoms with Crippen molar-refractivity contribution in [3.63, 3.8) is 0 Å². The molecule has 0 fully saturated rings. The minimum absolute atomic E-state index is 0.0554. The fourth-order valence-corrected chi connectivity index (χ4v) is 2.69. The molecule has 2 aromatic rings. The van der Waals surface area contributed by atoms with Gasteiger partial charge < -0.3 is 25.3 Å². The molecule has 6 nitrogen and oxygen atoms in total. The van der Waals surface area contributed by atoms with E-state index in [9.17, 15) is 27.9 Å². The number of hydrogen-bond acceptors (Lipinski definition) is 4. The predicted octanol–water partition coefficient (Wildman–Crippen LogP) is 0.967. The number of carboxylic acid groups (broad SMARTS) is 1. The molecule has 0 aliphatic carbocycles. The van der Waals surface area contributed by atoms with Crippen molar-refractivity contribution in [2.45, 2.75) is 25.1 Å². The van der Waals surface area contributed by atoms with Crippen molar-refractivity contribution in [3.8, 4) is 5.75 Å². The molecule has 0 saturated carbocycles. The molecule has 0 bridgehead atoms. The van der Waals surface area contributed by atoms with Gasteiger partial charge >= 0.3 is 6.18 Å². The molecule has 0 spiro atoms. The van der Waals surface area contributed by atoms with Crippen molar-refractivity contribution >= 4 is 17.6 Å². The van der Waals surface area contributed by atoms with Crippen LogP contribution < -0.4 is 20.5 Å². The monoisotopic (exact) mass is 410 g/mol. The molecule has 1 atom stereocenters. The topological polar surface area (TPSA) is 95.1 Å². The van der Waals surface area contributed by atoms with Crippen LogP contribution in [-0.2, 0) is 22.2 Å². The summed E-state index contributed by atoms with van der Waals surface area (Å²) >= 11 is 0. The quantitative estimate of drug-likeness (QED) is 0.644. The predicted molar refractivity (Wildman–Crippen MR) is 97.0 cm³/mol. The average Bonchev–Trinajstić information content (AvgIpc) is 2.67. The number of aliphatic carboxylic acids is 1. The molecule has 1 amide bonds. The third-order valence-electron chi connectivity index (χ3n) is 4.22. The Morgan fingerprint density at radius 3 is 2.45 bits per heavy atom. The zero-order chi connectivity index (χ0) is 21.4. The van der Waals surface area contributed by atoms with Crippen LogP contribution in [0.2, 0.25) is 0 Å². The van der Waals surface area contributed by atoms with Crippen LogP contribution in [-0.4, -0.2) is 31.6 Å². The Morgan fingerprint density at radius 2 is 1.86 bits per heavy atom. The number of carbonyl (C=O) groups excluding carboxylic acids is 2. The summed E-state index contributed by atoms with van der Waals surface area (Å²) in [4.78, 5) is 23.4. The Hall–Kier alpha value is -3.07. The second-order valence-electron chi connectivity index (χ2n) is 6.38. The molecule has 0 radical (unpaired) electrons. The molecule has 0 unspecified atom stereocenters. The summed E-state index contributed by atoms with van der Waals surface area (Å²) in [7, 11) is 1.55. The van der Waals surface area contributed by atoms with Crippen molar-refractivity contribution in [1.82, 2.24) is 0 Å². The fraction of sp³-hybridized carbons (Fsp3) is 0.300. The second kappa shape index (κ2) is 9.92. The van der Waals surface area contributed by atoms with Gasteiger partial charge in [-0.25, -0.2) is 0 Å². The lowest BCUT2D eigenvalue weighted by Gasteiger charge is -2.17. The largest absolute Gasteiger partial charge is 0.544 e. The number of carbonyl (C=O) groups is 2. The molecule has 2 aromatic carbocycles. The van der Waals surface area contributed by atoms with Gasteiger partial charge in [-0.3, -0.25) is 4.79 Å². The molecule has 156 valence electrons. The Kier molecular flexibility index (Phi) is 7.60. The summed E-state index contributed by atoms with van der Waals surface area (Å²) in [5.41, 5.74) is 0.00512. The number of rotatable bonds is 9. The Bertz CT molecular complexity index is 838. The second-order valence-corrected chi connectivity index (χ2v) is 6.38. The lowest BCUT2D eigenvalue weighted by atomic mass is 10.1. The van der Waals surface area contributed by atoms with E-state index in [-0.39, 0.29) is 5.69 Å². The number of halogens is 3. The lowest BCUT2D eigenvalue weighted by Crippen LogP contribution is -2.93. The summed E-state index contributed by atoms with van der Waals surface area (Å²) in [5, 5.41) is 15.1. The van der Waals surface area contributed by atoms with Gasteiger partial charge in [0.05, 0.1) is 31.6 Å².